The average Bonchev–Trinajstić information content (AvgIpc) is 3.45. The number of hydrogen-bond donors (Lipinski definition) is 1. The van der Waals surface area contributed by atoms with Crippen molar-refractivity contribution in [1.82, 2.24) is 29.6 Å². The van der Waals surface area contributed by atoms with Crippen LogP contribution >= 0.6 is 0 Å². The number of amides is 1. The molecule has 3 atom stereocenters. The lowest BCUT2D eigenvalue weighted by Gasteiger charge is -2.21. The van der Waals surface area contributed by atoms with Crippen molar-refractivity contribution in [3.63, 3.8) is 0 Å². The predicted molar refractivity (Wildman–Crippen MR) is 126 cm³/mol. The highest BCUT2D eigenvalue weighted by atomic mass is 19.3. The van der Waals surface area contributed by atoms with Crippen molar-refractivity contribution in [2.45, 2.75) is 51.6 Å². The first kappa shape index (κ1) is 22.2. The van der Waals surface area contributed by atoms with Gasteiger partial charge < -0.3 is 14.8 Å². The third kappa shape index (κ3) is 3.61. The van der Waals surface area contributed by atoms with Gasteiger partial charge in [0.1, 0.15) is 11.5 Å². The second-order valence-corrected chi connectivity index (χ2v) is 9.97. The van der Waals surface area contributed by atoms with Crippen LogP contribution in [0.3, 0.4) is 0 Å². The van der Waals surface area contributed by atoms with Crippen LogP contribution < -0.4 is 10.2 Å². The van der Waals surface area contributed by atoms with Crippen LogP contribution in [0.5, 0.6) is 0 Å². The minimum absolute atomic E-state index is 0.0853. The van der Waals surface area contributed by atoms with E-state index in [0.29, 0.717) is 31.7 Å². The van der Waals surface area contributed by atoms with Crippen molar-refractivity contribution >= 4 is 11.7 Å². The Kier molecular flexibility index (Phi) is 4.98. The summed E-state index contributed by atoms with van der Waals surface area (Å²) < 4.78 is 30.8. The zero-order valence-electron chi connectivity index (χ0n) is 20.1. The number of alkyl halides is 2. The molecule has 0 spiro atoms. The van der Waals surface area contributed by atoms with Crippen LogP contribution in [-0.2, 0) is 26.4 Å². The van der Waals surface area contributed by atoms with E-state index in [-0.39, 0.29) is 11.9 Å². The summed E-state index contributed by atoms with van der Waals surface area (Å²) in [6.45, 7) is 5.21. The molecule has 1 saturated carbocycles. The molecule has 1 N–H and O–H groups in total. The summed E-state index contributed by atoms with van der Waals surface area (Å²) in [5.74, 6) is -2.95. The van der Waals surface area contributed by atoms with Crippen LogP contribution in [0.1, 0.15) is 58.2 Å². The number of carbonyl (C=O) groups is 1. The highest BCUT2D eigenvalue weighted by Crippen LogP contribution is 2.59. The number of imidazole rings is 1. The van der Waals surface area contributed by atoms with E-state index < -0.39 is 17.8 Å². The average molecular weight is 482 g/mol. The fraction of sp³-hybridized carbons (Fsp3) is 0.520. The van der Waals surface area contributed by atoms with E-state index in [4.69, 9.17) is 0 Å². The number of pyridine rings is 1. The Morgan fingerprint density at radius 3 is 2.74 bits per heavy atom. The van der Waals surface area contributed by atoms with Gasteiger partial charge in [-0.05, 0) is 44.4 Å². The number of fused-ring (bicyclic) bond motifs is 2. The zero-order valence-corrected chi connectivity index (χ0v) is 20.1. The number of aryl methyl sites for hydroxylation is 3. The van der Waals surface area contributed by atoms with Gasteiger partial charge in [0.25, 0.3) is 11.8 Å². The van der Waals surface area contributed by atoms with Gasteiger partial charge in [0.2, 0.25) is 0 Å². The van der Waals surface area contributed by atoms with Crippen LogP contribution in [0.4, 0.5) is 14.6 Å². The van der Waals surface area contributed by atoms with Crippen LogP contribution in [0.2, 0.25) is 0 Å². The minimum Gasteiger partial charge on any atom is -0.356 e. The molecule has 184 valence electrons. The predicted octanol–water partition coefficient (Wildman–Crippen LogP) is 3.05. The molecule has 8 nitrogen and oxygen atoms in total. The van der Waals surface area contributed by atoms with Gasteiger partial charge in [-0.1, -0.05) is 6.07 Å². The molecule has 10 heteroatoms. The van der Waals surface area contributed by atoms with Crippen molar-refractivity contribution < 1.29 is 13.6 Å². The van der Waals surface area contributed by atoms with Gasteiger partial charge in [0.05, 0.1) is 35.6 Å². The van der Waals surface area contributed by atoms with Crippen molar-refractivity contribution in [2.24, 2.45) is 18.9 Å². The Morgan fingerprint density at radius 2 is 2.03 bits per heavy atom. The number of piperidine rings is 1. The maximum Gasteiger partial charge on any atom is 0.270 e. The monoisotopic (exact) mass is 481 g/mol. The second-order valence-electron chi connectivity index (χ2n) is 9.97. The first-order valence-electron chi connectivity index (χ1n) is 12.2. The molecule has 0 aromatic carbocycles. The number of hydrogen-bond acceptors (Lipinski definition) is 5. The molecule has 6 rings (SSSR count). The molecule has 3 aromatic rings. The normalized spacial score (nSPS) is 23.9. The van der Waals surface area contributed by atoms with Gasteiger partial charge in [0.15, 0.2) is 0 Å². The zero-order chi connectivity index (χ0) is 24.5. The van der Waals surface area contributed by atoms with Crippen molar-refractivity contribution in [1.29, 1.82) is 0 Å². The molecule has 2 fully saturated rings. The third-order valence-electron chi connectivity index (χ3n) is 7.84. The summed E-state index contributed by atoms with van der Waals surface area (Å²) in [6, 6.07) is 5.65. The summed E-state index contributed by atoms with van der Waals surface area (Å²) in [7, 11) is 1.98. The van der Waals surface area contributed by atoms with E-state index in [1.54, 1.807) is 11.0 Å². The Bertz CT molecular complexity index is 1300. The molecule has 2 unspecified atom stereocenters. The molecule has 3 aromatic heterocycles. The van der Waals surface area contributed by atoms with Gasteiger partial charge in [-0.3, -0.25) is 9.48 Å². The van der Waals surface area contributed by atoms with Crippen LogP contribution in [0.15, 0.2) is 24.5 Å². The van der Waals surface area contributed by atoms with Crippen LogP contribution in [0.25, 0.3) is 0 Å². The summed E-state index contributed by atoms with van der Waals surface area (Å²) in [5, 5.41) is 7.79. The quantitative estimate of drug-likeness (QED) is 0.585. The number of nitrogens with one attached hydrogen (secondary N) is 1. The number of aromatic nitrogens is 5. The van der Waals surface area contributed by atoms with E-state index in [0.717, 1.165) is 41.3 Å². The lowest BCUT2D eigenvalue weighted by Crippen LogP contribution is -2.29. The van der Waals surface area contributed by atoms with Crippen molar-refractivity contribution in [2.75, 3.05) is 18.0 Å². The van der Waals surface area contributed by atoms with Crippen LogP contribution in [0, 0.1) is 18.8 Å². The summed E-state index contributed by atoms with van der Waals surface area (Å²) in [6.07, 6.45) is 4.08. The molecule has 1 saturated heterocycles. The van der Waals surface area contributed by atoms with Gasteiger partial charge in [-0.25, -0.2) is 18.7 Å². The highest BCUT2D eigenvalue weighted by Gasteiger charge is 2.71. The molecule has 2 aliphatic carbocycles. The Morgan fingerprint density at radius 1 is 1.26 bits per heavy atom. The first-order valence-corrected chi connectivity index (χ1v) is 12.2. The minimum atomic E-state index is -2.49. The molecule has 0 radical (unpaired) electrons. The molecule has 0 bridgehead atoms. The first-order chi connectivity index (χ1) is 16.8. The molecule has 1 amide bonds. The highest BCUT2D eigenvalue weighted by molar-refractivity contribution is 5.93. The lowest BCUT2D eigenvalue weighted by atomic mass is 10.1. The number of carbonyl (C=O) groups excluding carboxylic acids is 1. The largest absolute Gasteiger partial charge is 0.356 e. The van der Waals surface area contributed by atoms with Gasteiger partial charge >= 0.3 is 0 Å². The van der Waals surface area contributed by atoms with E-state index >= 15 is 0 Å². The third-order valence-corrected chi connectivity index (χ3v) is 7.84. The van der Waals surface area contributed by atoms with Crippen molar-refractivity contribution in [3.05, 3.63) is 58.6 Å². The topological polar surface area (TPSA) is 80.9 Å². The Labute approximate surface area is 202 Å². The lowest BCUT2D eigenvalue weighted by molar-refractivity contribution is 0.0796. The number of rotatable bonds is 6. The number of nitrogens with zero attached hydrogens (tertiary/aromatic N) is 6. The van der Waals surface area contributed by atoms with Gasteiger partial charge in [0, 0.05) is 44.5 Å². The second kappa shape index (κ2) is 7.86. The number of anilines is 1. The van der Waals surface area contributed by atoms with E-state index in [2.05, 4.69) is 20.4 Å². The Hall–Kier alpha value is -3.30. The fourth-order valence-corrected chi connectivity index (χ4v) is 5.67. The number of halogens is 2. The molecule has 3 aliphatic rings. The van der Waals surface area contributed by atoms with Crippen molar-refractivity contribution in [3.8, 4) is 0 Å². The molecule has 4 heterocycles. The summed E-state index contributed by atoms with van der Waals surface area (Å²) in [4.78, 5) is 24.2. The molecule has 1 aliphatic heterocycles. The molecular formula is C25H29F2N7O. The summed E-state index contributed by atoms with van der Waals surface area (Å²) in [5.41, 5.74) is 5.30. The molecular weight excluding hydrogens is 452 g/mol. The molecule has 35 heavy (non-hydrogen) atoms. The van der Waals surface area contributed by atoms with Gasteiger partial charge in [-0.15, -0.1) is 0 Å². The van der Waals surface area contributed by atoms with Gasteiger partial charge in [-0.2, -0.15) is 5.10 Å². The smallest absolute Gasteiger partial charge is 0.270 e. The van der Waals surface area contributed by atoms with E-state index in [9.17, 15) is 13.6 Å². The van der Waals surface area contributed by atoms with E-state index in [1.807, 2.05) is 48.6 Å². The summed E-state index contributed by atoms with van der Waals surface area (Å²) >= 11 is 0. The van der Waals surface area contributed by atoms with Crippen LogP contribution in [-0.4, -0.2) is 49.2 Å². The standard InChI is InChI=1S/C25H29F2N7O/c1-4-34-21(24(35)30-19-6-7-20-23(19)28-13-32(20)3)10-16(31-34)9-15-5-8-22(29-14(15)2)33-11-17-18(12-33)25(17,26)27/h5,8,10,13,17-19H,4,6-7,9,11-12H2,1-3H3,(H,30,35)/t17?,18?,19-/m1/s1. The SMILES string of the molecule is CCn1nc(Cc2ccc(N3CC4C(C3)C4(F)F)nc2C)cc1C(=O)N[C@@H]1CCc2c1ncn2C. The Balaban J connectivity index is 1.15. The fourth-order valence-electron chi connectivity index (χ4n) is 5.67. The maximum absolute atomic E-state index is 13.5. The maximum atomic E-state index is 13.5. The van der Waals surface area contributed by atoms with E-state index in [1.165, 1.54) is 5.69 Å².